The molecule has 2 atom stereocenters. The van der Waals surface area contributed by atoms with Gasteiger partial charge in [-0.3, -0.25) is 4.79 Å². The van der Waals surface area contributed by atoms with Crippen LogP contribution in [0.4, 0.5) is 0 Å². The first kappa shape index (κ1) is 15.9. The van der Waals surface area contributed by atoms with E-state index in [4.69, 9.17) is 14.6 Å². The van der Waals surface area contributed by atoms with E-state index in [1.165, 1.54) is 6.08 Å². The van der Waals surface area contributed by atoms with Gasteiger partial charge in [-0.05, 0) is 19.3 Å². The van der Waals surface area contributed by atoms with Crippen molar-refractivity contribution in [2.45, 2.75) is 38.9 Å². The van der Waals surface area contributed by atoms with E-state index in [9.17, 15) is 14.4 Å². The Balaban J connectivity index is 2.70. The molecule has 6 heteroatoms. The highest BCUT2D eigenvalue weighted by molar-refractivity contribution is 5.94. The van der Waals surface area contributed by atoms with Crippen LogP contribution in [0.25, 0.3) is 0 Å². The van der Waals surface area contributed by atoms with Crippen molar-refractivity contribution in [1.29, 1.82) is 0 Å². The number of hydrogen-bond donors (Lipinski definition) is 1. The van der Waals surface area contributed by atoms with Crippen LogP contribution in [0.2, 0.25) is 0 Å². The van der Waals surface area contributed by atoms with Gasteiger partial charge in [0.15, 0.2) is 0 Å². The molecule has 0 aliphatic heterocycles. The van der Waals surface area contributed by atoms with Crippen LogP contribution < -0.4 is 0 Å². The third-order valence-corrected chi connectivity index (χ3v) is 2.96. The summed E-state index contributed by atoms with van der Waals surface area (Å²) in [7, 11) is 0. The highest BCUT2D eigenvalue weighted by Crippen LogP contribution is 2.27. The van der Waals surface area contributed by atoms with Gasteiger partial charge < -0.3 is 14.6 Å². The van der Waals surface area contributed by atoms with Gasteiger partial charge in [-0.25, -0.2) is 9.59 Å². The molecule has 0 amide bonds. The van der Waals surface area contributed by atoms with E-state index in [0.29, 0.717) is 12.8 Å². The lowest BCUT2D eigenvalue weighted by molar-refractivity contribution is -0.188. The van der Waals surface area contributed by atoms with E-state index in [-0.39, 0.29) is 12.0 Å². The molecular weight excluding hydrogens is 264 g/mol. The fourth-order valence-corrected chi connectivity index (χ4v) is 1.94. The van der Waals surface area contributed by atoms with Crippen LogP contribution in [-0.4, -0.2) is 29.3 Å². The Kier molecular flexibility index (Phi) is 5.96. The van der Waals surface area contributed by atoms with Crippen molar-refractivity contribution in [3.63, 3.8) is 0 Å². The van der Waals surface area contributed by atoms with Gasteiger partial charge in [0.25, 0.3) is 0 Å². The monoisotopic (exact) mass is 282 g/mol. The maximum Gasteiger partial charge on any atom is 0.333 e. The third-order valence-electron chi connectivity index (χ3n) is 2.96. The van der Waals surface area contributed by atoms with Gasteiger partial charge in [0.05, 0.1) is 5.92 Å². The molecule has 0 saturated heterocycles. The summed E-state index contributed by atoms with van der Waals surface area (Å²) in [5.74, 6) is -3.30. The minimum absolute atomic E-state index is 0.0474. The van der Waals surface area contributed by atoms with Crippen LogP contribution in [-0.2, 0) is 23.9 Å². The molecule has 20 heavy (non-hydrogen) atoms. The van der Waals surface area contributed by atoms with Crippen LogP contribution >= 0.6 is 0 Å². The highest BCUT2D eigenvalue weighted by Gasteiger charge is 2.32. The summed E-state index contributed by atoms with van der Waals surface area (Å²) in [5.41, 5.74) is 0.0474. The first-order valence-corrected chi connectivity index (χ1v) is 6.46. The van der Waals surface area contributed by atoms with Crippen LogP contribution in [0.5, 0.6) is 0 Å². The third kappa shape index (κ3) is 4.22. The molecule has 0 heterocycles. The number of rotatable bonds is 6. The second kappa shape index (κ2) is 7.47. The maximum atomic E-state index is 12.0. The molecule has 110 valence electrons. The molecule has 0 fully saturated rings. The van der Waals surface area contributed by atoms with E-state index < -0.39 is 30.1 Å². The topological polar surface area (TPSA) is 89.9 Å². The SMILES string of the molecule is C=CC(=O)OC(CC)OC(=O)C1CCCC=C1C(=O)O. The molecule has 0 aromatic carbocycles. The van der Waals surface area contributed by atoms with Crippen molar-refractivity contribution < 1.29 is 29.0 Å². The van der Waals surface area contributed by atoms with E-state index >= 15 is 0 Å². The molecule has 2 unspecified atom stereocenters. The van der Waals surface area contributed by atoms with Crippen molar-refractivity contribution in [3.8, 4) is 0 Å². The van der Waals surface area contributed by atoms with Gasteiger partial charge in [-0.2, -0.15) is 0 Å². The molecule has 0 spiro atoms. The van der Waals surface area contributed by atoms with E-state index in [0.717, 1.165) is 12.5 Å². The average Bonchev–Trinajstić information content (AvgIpc) is 2.45. The van der Waals surface area contributed by atoms with E-state index in [1.54, 1.807) is 6.92 Å². The molecule has 0 saturated carbocycles. The largest absolute Gasteiger partial charge is 0.478 e. The Morgan fingerprint density at radius 3 is 2.75 bits per heavy atom. The van der Waals surface area contributed by atoms with Gasteiger partial charge in [0, 0.05) is 18.1 Å². The van der Waals surface area contributed by atoms with Crippen LogP contribution in [0.1, 0.15) is 32.6 Å². The Morgan fingerprint density at radius 1 is 1.50 bits per heavy atom. The molecule has 1 aliphatic rings. The highest BCUT2D eigenvalue weighted by atomic mass is 16.7. The second-order valence-electron chi connectivity index (χ2n) is 4.36. The maximum absolute atomic E-state index is 12.0. The second-order valence-corrected chi connectivity index (χ2v) is 4.36. The summed E-state index contributed by atoms with van der Waals surface area (Å²) in [6.07, 6.45) is 3.54. The zero-order chi connectivity index (χ0) is 15.1. The van der Waals surface area contributed by atoms with Crippen LogP contribution in [0.15, 0.2) is 24.3 Å². The summed E-state index contributed by atoms with van der Waals surface area (Å²) in [5, 5.41) is 9.06. The quantitative estimate of drug-likeness (QED) is 0.454. The van der Waals surface area contributed by atoms with Gasteiger partial charge in [0.2, 0.25) is 6.29 Å². The molecule has 0 radical (unpaired) electrons. The molecule has 1 rings (SSSR count). The Bertz CT molecular complexity index is 437. The molecule has 1 aliphatic carbocycles. The minimum Gasteiger partial charge on any atom is -0.478 e. The average molecular weight is 282 g/mol. The number of esters is 2. The van der Waals surface area contributed by atoms with Crippen molar-refractivity contribution >= 4 is 17.9 Å². The zero-order valence-corrected chi connectivity index (χ0v) is 11.3. The number of allylic oxidation sites excluding steroid dienone is 1. The number of aliphatic carboxylic acids is 1. The van der Waals surface area contributed by atoms with Crippen molar-refractivity contribution in [2.24, 2.45) is 5.92 Å². The van der Waals surface area contributed by atoms with Gasteiger partial charge in [-0.1, -0.05) is 19.6 Å². The summed E-state index contributed by atoms with van der Waals surface area (Å²) >= 11 is 0. The van der Waals surface area contributed by atoms with Gasteiger partial charge >= 0.3 is 17.9 Å². The van der Waals surface area contributed by atoms with Crippen LogP contribution in [0, 0.1) is 5.92 Å². The molecule has 0 aromatic heterocycles. The van der Waals surface area contributed by atoms with E-state index in [1.807, 2.05) is 0 Å². The van der Waals surface area contributed by atoms with Crippen molar-refractivity contribution in [3.05, 3.63) is 24.3 Å². The standard InChI is InChI=1S/C14H18O6/c1-3-11(15)19-12(4-2)20-14(18)10-8-6-5-7-9(10)13(16)17/h3,7,10,12H,1,4-6,8H2,2H3,(H,16,17). The Hall–Kier alpha value is -2.11. The fourth-order valence-electron chi connectivity index (χ4n) is 1.94. The van der Waals surface area contributed by atoms with Gasteiger partial charge in [0.1, 0.15) is 0 Å². The summed E-state index contributed by atoms with van der Waals surface area (Å²) in [6, 6.07) is 0. The predicted octanol–water partition coefficient (Wildman–Crippen LogP) is 1.81. The smallest absolute Gasteiger partial charge is 0.333 e. The Labute approximate surface area is 117 Å². The molecular formula is C14H18O6. The summed E-state index contributed by atoms with van der Waals surface area (Å²) in [6.45, 7) is 4.93. The normalized spacial score (nSPS) is 19.4. The number of carbonyl (C=O) groups excluding carboxylic acids is 2. The molecule has 0 bridgehead atoms. The molecule has 6 nitrogen and oxygen atoms in total. The molecule has 1 N–H and O–H groups in total. The van der Waals surface area contributed by atoms with Crippen molar-refractivity contribution in [2.75, 3.05) is 0 Å². The zero-order valence-electron chi connectivity index (χ0n) is 11.3. The predicted molar refractivity (Wildman–Crippen MR) is 69.5 cm³/mol. The van der Waals surface area contributed by atoms with E-state index in [2.05, 4.69) is 6.58 Å². The van der Waals surface area contributed by atoms with Crippen molar-refractivity contribution in [1.82, 2.24) is 0 Å². The minimum atomic E-state index is -1.12. The summed E-state index contributed by atoms with van der Waals surface area (Å²) in [4.78, 5) is 34.2. The number of ether oxygens (including phenoxy) is 2. The number of carbonyl (C=O) groups is 3. The number of hydrogen-bond acceptors (Lipinski definition) is 5. The molecule has 0 aromatic rings. The first-order valence-electron chi connectivity index (χ1n) is 6.46. The Morgan fingerprint density at radius 2 is 2.20 bits per heavy atom. The van der Waals surface area contributed by atoms with Crippen LogP contribution in [0.3, 0.4) is 0 Å². The van der Waals surface area contributed by atoms with Gasteiger partial charge in [-0.15, -0.1) is 0 Å². The summed E-state index contributed by atoms with van der Waals surface area (Å²) < 4.78 is 9.90. The first-order chi connectivity index (χ1) is 9.49. The lowest BCUT2D eigenvalue weighted by Crippen LogP contribution is -2.31. The lowest BCUT2D eigenvalue weighted by Gasteiger charge is -2.23. The lowest BCUT2D eigenvalue weighted by atomic mass is 9.88. The number of carboxylic acids is 1. The number of carboxylic acid groups (broad SMARTS) is 1. The fraction of sp³-hybridized carbons (Fsp3) is 0.500.